The molecule has 0 spiro atoms. The maximum atomic E-state index is 14.6. The van der Waals surface area contributed by atoms with Gasteiger partial charge in [0.2, 0.25) is 0 Å². The SMILES string of the molecule is COc1c2n(ccc1=O)N([C@H]1c3cc(F)ccc3C[Se]c3ccccc31)[C@@H]1COCCN1C2=O. The Morgan fingerprint density at radius 1 is 1.12 bits per heavy atom. The number of carbonyl (C=O) groups is 1. The summed E-state index contributed by atoms with van der Waals surface area (Å²) in [7, 11) is 1.40. The molecule has 3 aliphatic heterocycles. The standard InChI is InChI=1S/C25H22FN3O4Se/c1-32-24-19(30)8-9-28-23(24)25(31)27-10-11-33-13-21(27)29(28)22-17-4-2-3-5-20(17)34-14-15-6-7-16(26)12-18(15)22/h2-9,12,21-22H,10-11,13-14H2,1H3/t21-,22-/m1/s1. The number of pyridine rings is 1. The van der Waals surface area contributed by atoms with Crippen LogP contribution in [0.3, 0.4) is 0 Å². The zero-order chi connectivity index (χ0) is 23.4. The molecule has 1 saturated heterocycles. The molecule has 9 heteroatoms. The van der Waals surface area contributed by atoms with E-state index in [1.165, 1.54) is 23.7 Å². The van der Waals surface area contributed by atoms with Crippen molar-refractivity contribution in [3.05, 3.63) is 93.2 Å². The van der Waals surface area contributed by atoms with E-state index in [2.05, 4.69) is 17.1 Å². The molecule has 0 bridgehead atoms. The van der Waals surface area contributed by atoms with E-state index < -0.39 is 6.17 Å². The number of nitrogens with zero attached hydrogens (tertiary/aromatic N) is 3. The number of rotatable bonds is 2. The number of hydrogen-bond acceptors (Lipinski definition) is 5. The summed E-state index contributed by atoms with van der Waals surface area (Å²) in [5.74, 6) is -0.573. The van der Waals surface area contributed by atoms with Crippen LogP contribution < -0.4 is 19.6 Å². The van der Waals surface area contributed by atoms with Gasteiger partial charge in [0.1, 0.15) is 0 Å². The van der Waals surface area contributed by atoms with Crippen LogP contribution in [-0.4, -0.2) is 63.5 Å². The monoisotopic (exact) mass is 527 g/mol. The van der Waals surface area contributed by atoms with Crippen LogP contribution in [0.25, 0.3) is 0 Å². The zero-order valence-corrected chi connectivity index (χ0v) is 20.2. The summed E-state index contributed by atoms with van der Waals surface area (Å²) in [5, 5.41) is 2.89. The molecule has 6 rings (SSSR count). The molecule has 0 unspecified atom stereocenters. The zero-order valence-electron chi connectivity index (χ0n) is 18.4. The third-order valence-electron chi connectivity index (χ3n) is 6.62. The molecule has 3 aromatic rings. The number of fused-ring (bicyclic) bond motifs is 4. The second-order valence-corrected chi connectivity index (χ2v) is 10.5. The van der Waals surface area contributed by atoms with Crippen molar-refractivity contribution in [3.63, 3.8) is 0 Å². The number of hydrogen-bond donors (Lipinski definition) is 0. The first-order valence-corrected chi connectivity index (χ1v) is 13.1. The fourth-order valence-electron chi connectivity index (χ4n) is 5.11. The first-order valence-electron chi connectivity index (χ1n) is 11.1. The van der Waals surface area contributed by atoms with Gasteiger partial charge in [-0.3, -0.25) is 0 Å². The van der Waals surface area contributed by atoms with Gasteiger partial charge in [-0.2, -0.15) is 0 Å². The number of benzene rings is 2. The molecule has 0 aliphatic carbocycles. The summed E-state index contributed by atoms with van der Waals surface area (Å²) < 4.78 is 28.8. The molecule has 2 aromatic carbocycles. The minimum atomic E-state index is -0.430. The molecule has 7 nitrogen and oxygen atoms in total. The first kappa shape index (κ1) is 21.4. The molecule has 3 aliphatic rings. The van der Waals surface area contributed by atoms with E-state index in [1.54, 1.807) is 21.8 Å². The van der Waals surface area contributed by atoms with Crippen molar-refractivity contribution in [1.82, 2.24) is 9.58 Å². The van der Waals surface area contributed by atoms with Crippen LogP contribution in [0.5, 0.6) is 5.75 Å². The maximum absolute atomic E-state index is 14.6. The fraction of sp³-hybridized carbons (Fsp3) is 0.280. The van der Waals surface area contributed by atoms with Crippen LogP contribution in [0, 0.1) is 5.82 Å². The van der Waals surface area contributed by atoms with E-state index in [4.69, 9.17) is 9.47 Å². The van der Waals surface area contributed by atoms with E-state index in [1.807, 2.05) is 18.2 Å². The summed E-state index contributed by atoms with van der Waals surface area (Å²) in [6.07, 6.45) is 1.18. The van der Waals surface area contributed by atoms with Crippen LogP contribution in [0.15, 0.2) is 59.5 Å². The molecule has 1 aromatic heterocycles. The number of methoxy groups -OCH3 is 1. The van der Waals surface area contributed by atoms with Gasteiger partial charge in [0, 0.05) is 0 Å². The Labute approximate surface area is 201 Å². The molecule has 174 valence electrons. The van der Waals surface area contributed by atoms with E-state index in [0.717, 1.165) is 22.0 Å². The number of halogens is 1. The molecule has 4 heterocycles. The van der Waals surface area contributed by atoms with Gasteiger partial charge in [-0.25, -0.2) is 0 Å². The van der Waals surface area contributed by atoms with Crippen LogP contribution in [0.1, 0.15) is 33.2 Å². The number of morpholine rings is 1. The van der Waals surface area contributed by atoms with Gasteiger partial charge in [-0.1, -0.05) is 0 Å². The van der Waals surface area contributed by atoms with Crippen LogP contribution in [0.4, 0.5) is 4.39 Å². The van der Waals surface area contributed by atoms with Gasteiger partial charge in [-0.05, 0) is 0 Å². The Balaban J connectivity index is 1.67. The van der Waals surface area contributed by atoms with Crippen molar-refractivity contribution in [2.24, 2.45) is 0 Å². The van der Waals surface area contributed by atoms with Crippen LogP contribution >= 0.6 is 0 Å². The quantitative estimate of drug-likeness (QED) is 0.473. The van der Waals surface area contributed by atoms with Gasteiger partial charge in [-0.15, -0.1) is 0 Å². The molecular formula is C25H22FN3O4Se. The Bertz CT molecular complexity index is 1360. The predicted octanol–water partition coefficient (Wildman–Crippen LogP) is 1.38. The second-order valence-electron chi connectivity index (χ2n) is 8.41. The molecule has 2 atom stereocenters. The van der Waals surface area contributed by atoms with Gasteiger partial charge < -0.3 is 0 Å². The van der Waals surface area contributed by atoms with Crippen molar-refractivity contribution in [2.45, 2.75) is 17.5 Å². The Hall–Kier alpha value is -3.13. The van der Waals surface area contributed by atoms with E-state index in [0.29, 0.717) is 19.8 Å². The third kappa shape index (κ3) is 3.19. The van der Waals surface area contributed by atoms with Crippen molar-refractivity contribution in [1.29, 1.82) is 0 Å². The summed E-state index contributed by atoms with van der Waals surface area (Å²) in [6, 6.07) is 14.2. The molecule has 0 N–H and O–H groups in total. The average molecular weight is 526 g/mol. The molecule has 1 amide bonds. The molecule has 34 heavy (non-hydrogen) atoms. The summed E-state index contributed by atoms with van der Waals surface area (Å²) in [5.41, 5.74) is 2.83. The average Bonchev–Trinajstić information content (AvgIpc) is 3.01. The third-order valence-corrected chi connectivity index (χ3v) is 9.01. The minimum absolute atomic E-state index is 0.00744. The van der Waals surface area contributed by atoms with E-state index in [-0.39, 0.29) is 49.6 Å². The second kappa shape index (κ2) is 8.27. The molecule has 0 saturated carbocycles. The number of aromatic nitrogens is 1. The van der Waals surface area contributed by atoms with Crippen molar-refractivity contribution >= 4 is 25.3 Å². The summed E-state index contributed by atoms with van der Waals surface area (Å²) in [4.78, 5) is 27.9. The Morgan fingerprint density at radius 2 is 1.97 bits per heavy atom. The summed E-state index contributed by atoms with van der Waals surface area (Å²) in [6.45, 7) is 1.10. The van der Waals surface area contributed by atoms with E-state index >= 15 is 0 Å². The number of amides is 1. The van der Waals surface area contributed by atoms with Crippen molar-refractivity contribution < 1.29 is 18.7 Å². The molecular weight excluding hydrogens is 504 g/mol. The van der Waals surface area contributed by atoms with E-state index in [9.17, 15) is 14.0 Å². The van der Waals surface area contributed by atoms with Crippen molar-refractivity contribution in [3.8, 4) is 5.75 Å². The topological polar surface area (TPSA) is 64.0 Å². The fourth-order valence-corrected chi connectivity index (χ4v) is 7.41. The molecule has 1 fully saturated rings. The van der Waals surface area contributed by atoms with Crippen LogP contribution in [-0.2, 0) is 10.1 Å². The van der Waals surface area contributed by atoms with Gasteiger partial charge >= 0.3 is 202 Å². The Morgan fingerprint density at radius 3 is 2.82 bits per heavy atom. The number of carbonyl (C=O) groups excluding carboxylic acids is 1. The summed E-state index contributed by atoms with van der Waals surface area (Å²) >= 11 is 0.163. The van der Waals surface area contributed by atoms with Gasteiger partial charge in [0.25, 0.3) is 0 Å². The van der Waals surface area contributed by atoms with Crippen LogP contribution in [0.2, 0.25) is 0 Å². The van der Waals surface area contributed by atoms with Gasteiger partial charge in [0.05, 0.1) is 0 Å². The number of ether oxygens (including phenoxy) is 2. The first-order chi connectivity index (χ1) is 16.6. The van der Waals surface area contributed by atoms with Gasteiger partial charge in [0.15, 0.2) is 0 Å². The van der Waals surface area contributed by atoms with Crippen molar-refractivity contribution in [2.75, 3.05) is 31.9 Å². The molecule has 0 radical (unpaired) electrons. The predicted molar refractivity (Wildman–Crippen MR) is 125 cm³/mol. The Kier molecular flexibility index (Phi) is 5.21. The normalized spacial score (nSPS) is 21.2.